The molecule has 10 heteroatoms. The van der Waals surface area contributed by atoms with E-state index in [2.05, 4.69) is 5.32 Å². The Morgan fingerprint density at radius 1 is 0.938 bits per heavy atom. The first-order valence-corrected chi connectivity index (χ1v) is 10.8. The van der Waals surface area contributed by atoms with Crippen LogP contribution in [0, 0.1) is 0 Å². The van der Waals surface area contributed by atoms with Crippen LogP contribution in [0.5, 0.6) is 17.2 Å². The third-order valence-corrected chi connectivity index (χ3v) is 5.10. The molecule has 0 fully saturated rings. The molecule has 0 radical (unpaired) electrons. The van der Waals surface area contributed by atoms with Crippen LogP contribution >= 0.6 is 0 Å². The van der Waals surface area contributed by atoms with E-state index < -0.39 is 28.5 Å². The van der Waals surface area contributed by atoms with Crippen molar-refractivity contribution < 1.29 is 32.2 Å². The average Bonchev–Trinajstić information content (AvgIpc) is 2.78. The Morgan fingerprint density at radius 2 is 1.62 bits per heavy atom. The van der Waals surface area contributed by atoms with Gasteiger partial charge >= 0.3 is 5.97 Å². The number of sulfonamides is 1. The molecule has 0 atom stereocenters. The van der Waals surface area contributed by atoms with Gasteiger partial charge in [0, 0.05) is 0 Å². The van der Waals surface area contributed by atoms with Crippen LogP contribution in [0.3, 0.4) is 0 Å². The summed E-state index contributed by atoms with van der Waals surface area (Å²) in [6.07, 6.45) is 0. The molecule has 3 aromatic rings. The van der Waals surface area contributed by atoms with E-state index in [0.717, 1.165) is 6.07 Å². The predicted molar refractivity (Wildman–Crippen MR) is 116 cm³/mol. The molecule has 0 saturated heterocycles. The SMILES string of the molecule is COc1ccc(C(=O)OCC(=O)Nc2ccccc2Oc2ccccc2)cc1S(N)(=O)=O. The molecule has 0 unspecified atom stereocenters. The highest BCUT2D eigenvalue weighted by Gasteiger charge is 2.19. The summed E-state index contributed by atoms with van der Waals surface area (Å²) in [5, 5.41) is 7.76. The number of nitrogens with one attached hydrogen (secondary N) is 1. The first-order valence-electron chi connectivity index (χ1n) is 9.27. The number of esters is 1. The highest BCUT2D eigenvalue weighted by molar-refractivity contribution is 7.89. The van der Waals surface area contributed by atoms with Gasteiger partial charge in [-0.15, -0.1) is 0 Å². The summed E-state index contributed by atoms with van der Waals surface area (Å²) in [6.45, 7) is -0.602. The minimum atomic E-state index is -4.13. The highest BCUT2D eigenvalue weighted by Crippen LogP contribution is 2.29. The summed E-state index contributed by atoms with van der Waals surface area (Å²) < 4.78 is 39.1. The first-order chi connectivity index (χ1) is 15.3. The summed E-state index contributed by atoms with van der Waals surface area (Å²) >= 11 is 0. The second-order valence-electron chi connectivity index (χ2n) is 6.45. The van der Waals surface area contributed by atoms with Crippen LogP contribution in [-0.4, -0.2) is 34.0 Å². The molecule has 0 bridgehead atoms. The lowest BCUT2D eigenvalue weighted by atomic mass is 10.2. The largest absolute Gasteiger partial charge is 0.495 e. The standard InChI is InChI=1S/C22H20N2O7S/c1-29-19-12-11-15(13-20(19)32(23,27)28)22(26)30-14-21(25)24-17-9-5-6-10-18(17)31-16-7-3-2-4-8-16/h2-13H,14H2,1H3,(H,24,25)(H2,23,27,28). The molecule has 0 heterocycles. The molecular formula is C22H20N2O7S. The molecule has 0 saturated carbocycles. The van der Waals surface area contributed by atoms with Crippen LogP contribution in [0.25, 0.3) is 0 Å². The van der Waals surface area contributed by atoms with Gasteiger partial charge in [-0.05, 0) is 42.5 Å². The number of hydrogen-bond acceptors (Lipinski definition) is 7. The summed E-state index contributed by atoms with van der Waals surface area (Å²) in [4.78, 5) is 24.2. The van der Waals surface area contributed by atoms with Gasteiger partial charge in [-0.2, -0.15) is 0 Å². The lowest BCUT2D eigenvalue weighted by Gasteiger charge is -2.12. The normalized spacial score (nSPS) is 10.8. The molecule has 3 N–H and O–H groups in total. The van der Waals surface area contributed by atoms with Crippen molar-refractivity contribution in [1.82, 2.24) is 0 Å². The molecule has 3 rings (SSSR count). The van der Waals surface area contributed by atoms with Crippen molar-refractivity contribution in [2.24, 2.45) is 5.14 Å². The lowest BCUT2D eigenvalue weighted by molar-refractivity contribution is -0.119. The molecule has 0 aliphatic rings. The quantitative estimate of drug-likeness (QED) is 0.498. The van der Waals surface area contributed by atoms with Gasteiger partial charge in [0.2, 0.25) is 10.0 Å². The fourth-order valence-corrected chi connectivity index (χ4v) is 3.42. The van der Waals surface area contributed by atoms with Crippen LogP contribution in [-0.2, 0) is 19.6 Å². The van der Waals surface area contributed by atoms with Crippen LogP contribution in [0.2, 0.25) is 0 Å². The van der Waals surface area contributed by atoms with E-state index in [1.54, 1.807) is 36.4 Å². The van der Waals surface area contributed by atoms with Crippen molar-refractivity contribution in [3.05, 3.63) is 78.4 Å². The number of carbonyl (C=O) groups excluding carboxylic acids is 2. The van der Waals surface area contributed by atoms with Crippen molar-refractivity contribution in [1.29, 1.82) is 0 Å². The number of carbonyl (C=O) groups is 2. The van der Waals surface area contributed by atoms with Gasteiger partial charge in [0.25, 0.3) is 5.91 Å². The van der Waals surface area contributed by atoms with Crippen molar-refractivity contribution in [3.8, 4) is 17.2 Å². The van der Waals surface area contributed by atoms with Crippen molar-refractivity contribution in [2.45, 2.75) is 4.90 Å². The van der Waals surface area contributed by atoms with E-state index in [9.17, 15) is 18.0 Å². The zero-order valence-corrected chi connectivity index (χ0v) is 17.8. The minimum absolute atomic E-state index is 0.0168. The summed E-state index contributed by atoms with van der Waals surface area (Å²) in [5.74, 6) is -0.530. The van der Waals surface area contributed by atoms with E-state index in [-0.39, 0.29) is 16.2 Å². The monoisotopic (exact) mass is 456 g/mol. The number of anilines is 1. The third kappa shape index (κ3) is 5.84. The smallest absolute Gasteiger partial charge is 0.338 e. The molecule has 0 aromatic heterocycles. The number of amides is 1. The van der Waals surface area contributed by atoms with Crippen molar-refractivity contribution in [2.75, 3.05) is 19.0 Å². The molecule has 3 aromatic carbocycles. The van der Waals surface area contributed by atoms with E-state index in [1.807, 2.05) is 18.2 Å². The number of nitrogens with two attached hydrogens (primary N) is 1. The van der Waals surface area contributed by atoms with Crippen LogP contribution in [0.4, 0.5) is 5.69 Å². The Labute approximate surface area is 184 Å². The molecule has 1 amide bonds. The number of hydrogen-bond donors (Lipinski definition) is 2. The predicted octanol–water partition coefficient (Wildman–Crippen LogP) is 2.93. The molecule has 0 spiro atoms. The highest BCUT2D eigenvalue weighted by atomic mass is 32.2. The number of primary sulfonamides is 1. The fourth-order valence-electron chi connectivity index (χ4n) is 2.70. The van der Waals surface area contributed by atoms with Gasteiger partial charge < -0.3 is 19.5 Å². The Bertz CT molecular complexity index is 1230. The van der Waals surface area contributed by atoms with Crippen molar-refractivity contribution >= 4 is 27.6 Å². The Balaban J connectivity index is 1.65. The second kappa shape index (κ2) is 9.94. The molecule has 9 nitrogen and oxygen atoms in total. The summed E-state index contributed by atoms with van der Waals surface area (Å²) in [7, 11) is -2.86. The number of methoxy groups -OCH3 is 1. The third-order valence-electron chi connectivity index (χ3n) is 4.17. The van der Waals surface area contributed by atoms with Gasteiger partial charge in [-0.3, -0.25) is 4.79 Å². The van der Waals surface area contributed by atoms with E-state index in [1.165, 1.54) is 19.2 Å². The number of benzene rings is 3. The van der Waals surface area contributed by atoms with Gasteiger partial charge in [-0.25, -0.2) is 18.4 Å². The maximum Gasteiger partial charge on any atom is 0.338 e. The maximum atomic E-state index is 12.3. The number of ether oxygens (including phenoxy) is 3. The van der Waals surface area contributed by atoms with Gasteiger partial charge in [0.1, 0.15) is 16.4 Å². The average molecular weight is 456 g/mol. The second-order valence-corrected chi connectivity index (χ2v) is 7.98. The molecule has 0 aliphatic heterocycles. The molecular weight excluding hydrogens is 436 g/mol. The van der Waals surface area contributed by atoms with E-state index >= 15 is 0 Å². The molecule has 0 aliphatic carbocycles. The minimum Gasteiger partial charge on any atom is -0.495 e. The maximum absolute atomic E-state index is 12.3. The topological polar surface area (TPSA) is 134 Å². The number of rotatable bonds is 8. The van der Waals surface area contributed by atoms with E-state index in [4.69, 9.17) is 19.3 Å². The van der Waals surface area contributed by atoms with Gasteiger partial charge in [0.05, 0.1) is 18.4 Å². The van der Waals surface area contributed by atoms with Crippen LogP contribution in [0.1, 0.15) is 10.4 Å². The molecule has 32 heavy (non-hydrogen) atoms. The van der Waals surface area contributed by atoms with E-state index in [0.29, 0.717) is 17.2 Å². The number of para-hydroxylation sites is 3. The van der Waals surface area contributed by atoms with Crippen LogP contribution in [0.15, 0.2) is 77.7 Å². The zero-order chi connectivity index (χ0) is 23.1. The fraction of sp³-hybridized carbons (Fsp3) is 0.0909. The van der Waals surface area contributed by atoms with Crippen molar-refractivity contribution in [3.63, 3.8) is 0 Å². The Hall–Kier alpha value is -3.89. The lowest BCUT2D eigenvalue weighted by Crippen LogP contribution is -2.21. The van der Waals surface area contributed by atoms with Gasteiger partial charge in [0.15, 0.2) is 12.4 Å². The van der Waals surface area contributed by atoms with Gasteiger partial charge in [-0.1, -0.05) is 30.3 Å². The summed E-state index contributed by atoms with van der Waals surface area (Å²) in [5.41, 5.74) is 0.286. The molecule has 166 valence electrons. The Morgan fingerprint density at radius 3 is 2.31 bits per heavy atom. The zero-order valence-electron chi connectivity index (χ0n) is 17.0. The Kier molecular flexibility index (Phi) is 7.08. The van der Waals surface area contributed by atoms with Crippen LogP contribution < -0.4 is 19.9 Å². The first kappa shape index (κ1) is 22.8. The summed E-state index contributed by atoms with van der Waals surface area (Å²) in [6, 6.07) is 19.4.